The van der Waals surface area contributed by atoms with Crippen LogP contribution in [0.5, 0.6) is 0 Å². The van der Waals surface area contributed by atoms with Gasteiger partial charge in [-0.1, -0.05) is 322 Å². The molecule has 2 aliphatic rings. The predicted octanol–water partition coefficient (Wildman–Crippen LogP) is 26.8. The van der Waals surface area contributed by atoms with Gasteiger partial charge in [0, 0.05) is 66.7 Å². The molecule has 14 aromatic carbocycles. The van der Waals surface area contributed by atoms with Crippen molar-refractivity contribution < 1.29 is 6.85 Å². The number of hydrogen-bond acceptors (Lipinski definition) is 2. The second kappa shape index (κ2) is 25.5. The Morgan fingerprint density at radius 3 is 1.17 bits per heavy atom. The Bertz CT molecular complexity index is 6430. The molecule has 0 spiro atoms. The van der Waals surface area contributed by atoms with Crippen molar-refractivity contribution in [2.24, 2.45) is 0 Å². The molecule has 0 unspecified atom stereocenters. The number of fused-ring (bicyclic) bond motifs is 10. The number of hydrogen-bond donors (Lipinski definition) is 0. The van der Waals surface area contributed by atoms with Crippen LogP contribution in [0.1, 0.15) is 139 Å². The molecule has 109 heavy (non-hydrogen) atoms. The molecular weight excluding hydrogens is 1320 g/mol. The van der Waals surface area contributed by atoms with Crippen LogP contribution in [0.3, 0.4) is 0 Å². The topological polar surface area (TPSA) is 16.3 Å². The third-order valence-electron chi connectivity index (χ3n) is 23.1. The zero-order valence-corrected chi connectivity index (χ0v) is 65.3. The molecule has 18 rings (SSSR count). The van der Waals surface area contributed by atoms with E-state index in [1.54, 1.807) is 0 Å². The van der Waals surface area contributed by atoms with Gasteiger partial charge in [-0.3, -0.25) is 0 Å². The van der Waals surface area contributed by atoms with Crippen molar-refractivity contribution in [2.45, 2.75) is 131 Å². The molecule has 0 bridgehead atoms. The van der Waals surface area contributed by atoms with Gasteiger partial charge in [0.15, 0.2) is 0 Å². The molecule has 2 aliphatic heterocycles. The lowest BCUT2D eigenvalue weighted by Crippen LogP contribution is -2.61. The number of anilines is 6. The first kappa shape index (κ1) is 63.4. The highest BCUT2D eigenvalue weighted by Gasteiger charge is 2.46. The van der Waals surface area contributed by atoms with Gasteiger partial charge in [0.1, 0.15) is 0 Å². The SMILES string of the molecule is [2H]c1c([2H])c([2H])c(-c2ccc3c(c2)N(c2c(-c4ccccc4)ccc4c2c2ccccc2n4-c2ccccc2)c2cc(-n4c5ccc(C(C)(C)C)cc5c5cc(C(C)(C)C)ccc54)cc4c2B3c2ccc(-c3cc(C(C)(C)C)cc(C(C)(C)C)c3)cc2N4c2c(-c3ccccc3)cc(C(C)(C)C)cc2-c2ccccc2)c([2H])c1[2H]. The van der Waals surface area contributed by atoms with E-state index in [1.807, 2.05) is 6.07 Å². The largest absolute Gasteiger partial charge is 0.310 e. The van der Waals surface area contributed by atoms with Gasteiger partial charge in [0.25, 0.3) is 6.71 Å². The summed E-state index contributed by atoms with van der Waals surface area (Å²) in [5, 5.41) is 4.40. The molecule has 0 fully saturated rings. The zero-order valence-electron chi connectivity index (χ0n) is 70.3. The molecular formula is C104H95BN4. The Hall–Kier alpha value is -11.7. The summed E-state index contributed by atoms with van der Waals surface area (Å²) in [4.78, 5) is 5.20. The lowest BCUT2D eigenvalue weighted by atomic mass is 9.33. The van der Waals surface area contributed by atoms with Crippen molar-refractivity contribution in [3.63, 3.8) is 0 Å². The van der Waals surface area contributed by atoms with Crippen molar-refractivity contribution >= 4 is 101 Å². The number of rotatable bonds is 9. The Kier molecular flexibility index (Phi) is 14.8. The molecule has 0 saturated heterocycles. The van der Waals surface area contributed by atoms with Gasteiger partial charge in [-0.2, -0.15) is 0 Å². The van der Waals surface area contributed by atoms with Gasteiger partial charge >= 0.3 is 0 Å². The van der Waals surface area contributed by atoms with Gasteiger partial charge in [-0.25, -0.2) is 0 Å². The van der Waals surface area contributed by atoms with Gasteiger partial charge in [-0.15, -0.1) is 0 Å². The van der Waals surface area contributed by atoms with Gasteiger partial charge < -0.3 is 18.9 Å². The van der Waals surface area contributed by atoms with E-state index in [9.17, 15) is 5.48 Å². The summed E-state index contributed by atoms with van der Waals surface area (Å²) in [5.41, 5.74) is 29.5. The Morgan fingerprint density at radius 2 is 0.679 bits per heavy atom. The Labute approximate surface area is 651 Å². The molecule has 534 valence electrons. The molecule has 0 saturated carbocycles. The minimum absolute atomic E-state index is 0.133. The summed E-state index contributed by atoms with van der Waals surface area (Å²) in [7, 11) is 0. The van der Waals surface area contributed by atoms with E-state index in [1.165, 1.54) is 27.8 Å². The van der Waals surface area contributed by atoms with Crippen LogP contribution in [-0.4, -0.2) is 15.8 Å². The van der Waals surface area contributed by atoms with Crippen LogP contribution in [0.15, 0.2) is 303 Å². The molecule has 0 radical (unpaired) electrons. The van der Waals surface area contributed by atoms with E-state index in [0.717, 1.165) is 150 Å². The van der Waals surface area contributed by atoms with E-state index in [0.29, 0.717) is 5.56 Å². The van der Waals surface area contributed by atoms with E-state index < -0.39 is 12.8 Å². The third-order valence-corrected chi connectivity index (χ3v) is 23.1. The van der Waals surface area contributed by atoms with Crippen LogP contribution >= 0.6 is 0 Å². The van der Waals surface area contributed by atoms with Crippen molar-refractivity contribution in [3.8, 4) is 67.0 Å². The highest BCUT2D eigenvalue weighted by Crippen LogP contribution is 2.56. The second-order valence-corrected chi connectivity index (χ2v) is 35.5. The lowest BCUT2D eigenvalue weighted by molar-refractivity contribution is 0.569. The normalized spacial score (nSPS) is 13.9. The van der Waals surface area contributed by atoms with Crippen molar-refractivity contribution in [1.29, 1.82) is 0 Å². The summed E-state index contributed by atoms with van der Waals surface area (Å²) in [6.45, 7) is 34.2. The van der Waals surface area contributed by atoms with Gasteiger partial charge in [-0.05, 0) is 195 Å². The maximum absolute atomic E-state index is 9.82. The van der Waals surface area contributed by atoms with Crippen LogP contribution in [0.4, 0.5) is 34.1 Å². The van der Waals surface area contributed by atoms with Crippen molar-refractivity contribution in [2.75, 3.05) is 9.80 Å². The fourth-order valence-electron chi connectivity index (χ4n) is 17.2. The average molecular weight is 1420 g/mol. The first-order valence-electron chi connectivity index (χ1n) is 41.2. The summed E-state index contributed by atoms with van der Waals surface area (Å²) >= 11 is 0. The van der Waals surface area contributed by atoms with Crippen LogP contribution in [0.25, 0.3) is 111 Å². The van der Waals surface area contributed by atoms with Crippen LogP contribution < -0.4 is 26.2 Å². The monoisotopic (exact) mass is 1420 g/mol. The highest BCUT2D eigenvalue weighted by molar-refractivity contribution is 7.00. The van der Waals surface area contributed by atoms with Crippen molar-refractivity contribution in [1.82, 2.24) is 9.13 Å². The molecule has 2 aromatic heterocycles. The predicted molar refractivity (Wildman–Crippen MR) is 470 cm³/mol. The third kappa shape index (κ3) is 11.7. The maximum atomic E-state index is 9.82. The summed E-state index contributed by atoms with van der Waals surface area (Å²) in [6, 6.07) is 100. The fourth-order valence-corrected chi connectivity index (χ4v) is 17.2. The van der Waals surface area contributed by atoms with E-state index in [-0.39, 0.29) is 56.8 Å². The number of nitrogens with zero attached hydrogens (tertiary/aromatic N) is 4. The number of aromatic nitrogens is 2. The maximum Gasteiger partial charge on any atom is 0.252 e. The minimum Gasteiger partial charge on any atom is -0.310 e. The summed E-state index contributed by atoms with van der Waals surface area (Å²) in [6.07, 6.45) is 0. The van der Waals surface area contributed by atoms with Crippen molar-refractivity contribution in [3.05, 3.63) is 331 Å². The summed E-state index contributed by atoms with van der Waals surface area (Å²) < 4.78 is 52.1. The molecule has 16 aromatic rings. The quantitative estimate of drug-likeness (QED) is 0.134. The highest BCUT2D eigenvalue weighted by atomic mass is 15.2. The number of benzene rings is 14. The van der Waals surface area contributed by atoms with Gasteiger partial charge in [0.2, 0.25) is 0 Å². The number of para-hydroxylation sites is 2. The molecule has 0 amide bonds. The van der Waals surface area contributed by atoms with E-state index in [2.05, 4.69) is 390 Å². The van der Waals surface area contributed by atoms with E-state index >= 15 is 0 Å². The molecule has 0 atom stereocenters. The van der Waals surface area contributed by atoms with Crippen LogP contribution in [0.2, 0.25) is 0 Å². The second-order valence-electron chi connectivity index (χ2n) is 35.5. The summed E-state index contributed by atoms with van der Waals surface area (Å²) in [5.74, 6) is 0. The van der Waals surface area contributed by atoms with Crippen LogP contribution in [0, 0.1) is 0 Å². The zero-order chi connectivity index (χ0) is 79.7. The first-order valence-corrected chi connectivity index (χ1v) is 38.7. The molecule has 5 heteroatoms. The van der Waals surface area contributed by atoms with Gasteiger partial charge in [0.05, 0.1) is 46.0 Å². The Morgan fingerprint density at radius 1 is 0.266 bits per heavy atom. The Balaban J connectivity index is 1.09. The molecule has 0 aliphatic carbocycles. The first-order chi connectivity index (χ1) is 54.3. The molecule has 0 N–H and O–H groups in total. The fraction of sp³-hybridized carbons (Fsp3) is 0.192. The molecule has 4 nitrogen and oxygen atoms in total. The average Bonchev–Trinajstić information content (AvgIpc) is 1.31. The van der Waals surface area contributed by atoms with Crippen LogP contribution in [-0.2, 0) is 27.1 Å². The smallest absolute Gasteiger partial charge is 0.252 e. The standard InChI is InChI=1S/C104H95BN4/c1-100(2,3)73-47-52-89-84(60-73)85-61-74(101(4,5)6)48-53-90(85)107(89)79-64-94-97-95(65-79)109(99-80(67-35-23-17-24-36-67)49-54-91-96(99)81-43-31-32-44-88(81)106(91)78-41-29-20-30-42-78)93-57-70(66-33-21-16-22-34-66)45-50-87(93)105(97)86-51-46-71(72-55-75(102(7,8)9)59-76(56-72)103(10,11)12)58-92(86)108(94)98-82(68-37-25-18-26-38-68)62-77(104(13,14)15)63-83(98)69-39-27-19-28-40-69/h16-65H,1-15H3/i16D,21D,22D,33D,34D. The lowest BCUT2D eigenvalue weighted by Gasteiger charge is -2.46. The molecule has 4 heterocycles. The minimum atomic E-state index is -0.475. The van der Waals surface area contributed by atoms with E-state index in [4.69, 9.17) is 1.37 Å².